The summed E-state index contributed by atoms with van der Waals surface area (Å²) in [6.07, 6.45) is 3.32. The Morgan fingerprint density at radius 2 is 2.00 bits per heavy atom. The molecule has 4 heteroatoms. The standard InChI is InChI=1S/C16H23NO3/c1-13(18)15-7-3-4-8-16(15)20-12-14(19)11-17-9-5-2-6-10-17/h3-4,7-8,14,19H,2,5-6,9-12H2,1H3/p+1/t14-/m1/s1. The van der Waals surface area contributed by atoms with E-state index in [2.05, 4.69) is 0 Å². The number of rotatable bonds is 6. The average molecular weight is 278 g/mol. The van der Waals surface area contributed by atoms with E-state index >= 15 is 0 Å². The largest absolute Gasteiger partial charge is 0.490 e. The van der Waals surface area contributed by atoms with E-state index in [9.17, 15) is 9.90 Å². The summed E-state index contributed by atoms with van der Waals surface area (Å²) in [5.41, 5.74) is 0.574. The van der Waals surface area contributed by atoms with Crippen molar-refractivity contribution in [2.75, 3.05) is 26.2 Å². The maximum atomic E-state index is 11.5. The highest BCUT2D eigenvalue weighted by Crippen LogP contribution is 2.18. The molecule has 0 aliphatic carbocycles. The van der Waals surface area contributed by atoms with E-state index in [-0.39, 0.29) is 12.4 Å². The first kappa shape index (κ1) is 15.0. The number of ketones is 1. The first-order valence-electron chi connectivity index (χ1n) is 7.41. The first-order chi connectivity index (χ1) is 9.66. The minimum atomic E-state index is -0.483. The summed E-state index contributed by atoms with van der Waals surface area (Å²) < 4.78 is 5.62. The Bertz CT molecular complexity index is 441. The number of benzene rings is 1. The van der Waals surface area contributed by atoms with Crippen molar-refractivity contribution in [1.82, 2.24) is 0 Å². The third-order valence-electron chi connectivity index (χ3n) is 3.78. The van der Waals surface area contributed by atoms with Gasteiger partial charge in [0.05, 0.1) is 18.7 Å². The third-order valence-corrected chi connectivity index (χ3v) is 3.78. The Morgan fingerprint density at radius 3 is 2.70 bits per heavy atom. The van der Waals surface area contributed by atoms with Gasteiger partial charge in [0.15, 0.2) is 5.78 Å². The quantitative estimate of drug-likeness (QED) is 0.753. The molecule has 1 aliphatic rings. The molecule has 0 unspecified atom stereocenters. The molecular weight excluding hydrogens is 254 g/mol. The van der Waals surface area contributed by atoms with Crippen LogP contribution in [-0.2, 0) is 0 Å². The number of aliphatic hydroxyl groups is 1. The zero-order valence-electron chi connectivity index (χ0n) is 12.1. The lowest BCUT2D eigenvalue weighted by atomic mass is 10.1. The number of para-hydroxylation sites is 1. The van der Waals surface area contributed by atoms with Crippen LogP contribution in [0.3, 0.4) is 0 Å². The van der Waals surface area contributed by atoms with Crippen LogP contribution < -0.4 is 9.64 Å². The van der Waals surface area contributed by atoms with E-state index in [0.717, 1.165) is 19.6 Å². The number of likely N-dealkylation sites (tertiary alicyclic amines) is 1. The molecule has 0 amide bonds. The lowest BCUT2D eigenvalue weighted by molar-refractivity contribution is -0.908. The highest BCUT2D eigenvalue weighted by molar-refractivity contribution is 5.96. The van der Waals surface area contributed by atoms with Crippen LogP contribution in [0.25, 0.3) is 0 Å². The number of carbonyl (C=O) groups excluding carboxylic acids is 1. The minimum absolute atomic E-state index is 0.0169. The normalized spacial score (nSPS) is 17.7. The van der Waals surface area contributed by atoms with Crippen molar-refractivity contribution in [3.63, 3.8) is 0 Å². The maximum Gasteiger partial charge on any atom is 0.163 e. The van der Waals surface area contributed by atoms with Crippen LogP contribution in [0.5, 0.6) is 5.75 Å². The van der Waals surface area contributed by atoms with E-state index in [0.29, 0.717) is 11.3 Å². The van der Waals surface area contributed by atoms with Crippen molar-refractivity contribution in [3.8, 4) is 5.75 Å². The molecule has 1 aromatic carbocycles. The molecule has 4 nitrogen and oxygen atoms in total. The van der Waals surface area contributed by atoms with Gasteiger partial charge in [-0.2, -0.15) is 0 Å². The fraction of sp³-hybridized carbons (Fsp3) is 0.562. The molecule has 1 aromatic rings. The van der Waals surface area contributed by atoms with Crippen molar-refractivity contribution < 1.29 is 19.5 Å². The molecule has 0 spiro atoms. The van der Waals surface area contributed by atoms with Gasteiger partial charge in [0.1, 0.15) is 25.0 Å². The van der Waals surface area contributed by atoms with Gasteiger partial charge in [0.2, 0.25) is 0 Å². The van der Waals surface area contributed by atoms with Crippen molar-refractivity contribution in [1.29, 1.82) is 0 Å². The maximum absolute atomic E-state index is 11.5. The number of nitrogens with one attached hydrogen (secondary N) is 1. The van der Waals surface area contributed by atoms with Crippen LogP contribution in [-0.4, -0.2) is 43.2 Å². The molecule has 0 aromatic heterocycles. The lowest BCUT2D eigenvalue weighted by Gasteiger charge is -2.25. The van der Waals surface area contributed by atoms with Gasteiger partial charge >= 0.3 is 0 Å². The zero-order valence-corrected chi connectivity index (χ0v) is 12.1. The zero-order chi connectivity index (χ0) is 14.4. The Morgan fingerprint density at radius 1 is 1.30 bits per heavy atom. The highest BCUT2D eigenvalue weighted by Gasteiger charge is 2.18. The monoisotopic (exact) mass is 278 g/mol. The predicted octanol–water partition coefficient (Wildman–Crippen LogP) is 0.698. The number of quaternary nitrogens is 1. The first-order valence-corrected chi connectivity index (χ1v) is 7.41. The molecule has 0 radical (unpaired) electrons. The smallest absolute Gasteiger partial charge is 0.163 e. The van der Waals surface area contributed by atoms with Gasteiger partial charge in [-0.15, -0.1) is 0 Å². The van der Waals surface area contributed by atoms with E-state index in [1.807, 2.05) is 12.1 Å². The van der Waals surface area contributed by atoms with E-state index in [1.54, 1.807) is 12.1 Å². The average Bonchev–Trinajstić information content (AvgIpc) is 2.46. The fourth-order valence-electron chi connectivity index (χ4n) is 2.72. The number of aliphatic hydroxyl groups excluding tert-OH is 1. The topological polar surface area (TPSA) is 51.0 Å². The van der Waals surface area contributed by atoms with Gasteiger partial charge in [-0.25, -0.2) is 0 Å². The number of piperidine rings is 1. The predicted molar refractivity (Wildman–Crippen MR) is 77.4 cm³/mol. The van der Waals surface area contributed by atoms with Crippen molar-refractivity contribution in [3.05, 3.63) is 29.8 Å². The van der Waals surface area contributed by atoms with Gasteiger partial charge in [-0.05, 0) is 38.3 Å². The van der Waals surface area contributed by atoms with Gasteiger partial charge in [-0.3, -0.25) is 4.79 Å². The number of hydrogen-bond acceptors (Lipinski definition) is 3. The Kier molecular flexibility index (Phi) is 5.56. The van der Waals surface area contributed by atoms with Crippen LogP contribution in [0.15, 0.2) is 24.3 Å². The Hall–Kier alpha value is -1.39. The van der Waals surface area contributed by atoms with Gasteiger partial charge in [0.25, 0.3) is 0 Å². The molecule has 1 heterocycles. The summed E-state index contributed by atoms with van der Waals surface area (Å²) in [5, 5.41) is 10.1. The second-order valence-electron chi connectivity index (χ2n) is 5.53. The van der Waals surface area contributed by atoms with Crippen molar-refractivity contribution in [2.45, 2.75) is 32.3 Å². The highest BCUT2D eigenvalue weighted by atomic mass is 16.5. The van der Waals surface area contributed by atoms with Crippen LogP contribution in [0, 0.1) is 0 Å². The van der Waals surface area contributed by atoms with Crippen LogP contribution >= 0.6 is 0 Å². The van der Waals surface area contributed by atoms with Gasteiger partial charge in [-0.1, -0.05) is 12.1 Å². The van der Waals surface area contributed by atoms with Crippen molar-refractivity contribution >= 4 is 5.78 Å². The summed E-state index contributed by atoms with van der Waals surface area (Å²) in [5.74, 6) is 0.546. The summed E-state index contributed by atoms with van der Waals surface area (Å²) in [6.45, 7) is 4.77. The molecular formula is C16H24NO3+. The molecule has 1 atom stereocenters. The molecule has 1 fully saturated rings. The Balaban J connectivity index is 1.83. The van der Waals surface area contributed by atoms with E-state index in [4.69, 9.17) is 4.74 Å². The number of Topliss-reactive ketones (excluding diaryl/α,β-unsaturated/α-hetero) is 1. The second-order valence-corrected chi connectivity index (χ2v) is 5.53. The second kappa shape index (κ2) is 7.41. The third kappa shape index (κ3) is 4.32. The molecule has 2 N–H and O–H groups in total. The summed E-state index contributed by atoms with van der Waals surface area (Å²) in [6, 6.07) is 7.18. The van der Waals surface area contributed by atoms with Crippen LogP contribution in [0.1, 0.15) is 36.5 Å². The summed E-state index contributed by atoms with van der Waals surface area (Å²) in [7, 11) is 0. The van der Waals surface area contributed by atoms with Crippen LogP contribution in [0.4, 0.5) is 0 Å². The van der Waals surface area contributed by atoms with E-state index in [1.165, 1.54) is 31.1 Å². The Labute approximate surface area is 120 Å². The SMILES string of the molecule is CC(=O)c1ccccc1OC[C@H](O)C[NH+]1CCCCC1. The molecule has 2 rings (SSSR count). The fourth-order valence-corrected chi connectivity index (χ4v) is 2.72. The molecule has 0 saturated carbocycles. The molecule has 1 aliphatic heterocycles. The minimum Gasteiger partial charge on any atom is -0.490 e. The lowest BCUT2D eigenvalue weighted by Crippen LogP contribution is -3.14. The van der Waals surface area contributed by atoms with Gasteiger partial charge in [0, 0.05) is 0 Å². The summed E-state index contributed by atoms with van der Waals surface area (Å²) >= 11 is 0. The van der Waals surface area contributed by atoms with Gasteiger partial charge < -0.3 is 14.7 Å². The molecule has 20 heavy (non-hydrogen) atoms. The summed E-state index contributed by atoms with van der Waals surface area (Å²) in [4.78, 5) is 12.9. The van der Waals surface area contributed by atoms with E-state index < -0.39 is 6.10 Å². The number of ether oxygens (including phenoxy) is 1. The molecule has 1 saturated heterocycles. The number of hydrogen-bond donors (Lipinski definition) is 2. The van der Waals surface area contributed by atoms with Crippen LogP contribution in [0.2, 0.25) is 0 Å². The number of carbonyl (C=O) groups is 1. The molecule has 110 valence electrons. The molecule has 0 bridgehead atoms. The van der Waals surface area contributed by atoms with Crippen molar-refractivity contribution in [2.24, 2.45) is 0 Å².